The predicted molar refractivity (Wildman–Crippen MR) is 86.0 cm³/mol. The van der Waals surface area contributed by atoms with Gasteiger partial charge in [-0.1, -0.05) is 64.7 Å². The van der Waals surface area contributed by atoms with Gasteiger partial charge < -0.3 is 10.5 Å². The van der Waals surface area contributed by atoms with E-state index in [-0.39, 0.29) is 0 Å². The SMILES string of the molecule is CCCCCCCCCCCCOc1ccncc1N. The first kappa shape index (κ1) is 16.8. The molecule has 1 heterocycles. The Labute approximate surface area is 123 Å². The summed E-state index contributed by atoms with van der Waals surface area (Å²) in [4.78, 5) is 3.94. The molecule has 1 aromatic rings. The Morgan fingerprint density at radius 3 is 2.15 bits per heavy atom. The summed E-state index contributed by atoms with van der Waals surface area (Å²) in [6.45, 7) is 3.02. The molecular formula is C17H30N2O. The van der Waals surface area contributed by atoms with Gasteiger partial charge in [0.15, 0.2) is 0 Å². The number of pyridine rings is 1. The second kappa shape index (κ2) is 11.6. The molecule has 0 radical (unpaired) electrons. The van der Waals surface area contributed by atoms with Crippen LogP contribution in [0.25, 0.3) is 0 Å². The Morgan fingerprint density at radius 1 is 0.950 bits per heavy atom. The van der Waals surface area contributed by atoms with Gasteiger partial charge in [0, 0.05) is 12.3 Å². The summed E-state index contributed by atoms with van der Waals surface area (Å²) >= 11 is 0. The molecule has 3 heteroatoms. The fraction of sp³-hybridized carbons (Fsp3) is 0.706. The molecule has 20 heavy (non-hydrogen) atoms. The van der Waals surface area contributed by atoms with Crippen molar-refractivity contribution >= 4 is 5.69 Å². The first-order chi connectivity index (χ1) is 9.84. The molecule has 0 fully saturated rings. The predicted octanol–water partition coefficient (Wildman–Crippen LogP) is 4.96. The van der Waals surface area contributed by atoms with Crippen molar-refractivity contribution in [2.24, 2.45) is 0 Å². The van der Waals surface area contributed by atoms with Gasteiger partial charge in [0.25, 0.3) is 0 Å². The molecule has 1 aromatic heterocycles. The van der Waals surface area contributed by atoms with Gasteiger partial charge in [-0.2, -0.15) is 0 Å². The third kappa shape index (κ3) is 8.03. The van der Waals surface area contributed by atoms with Crippen LogP contribution in [0.3, 0.4) is 0 Å². The summed E-state index contributed by atoms with van der Waals surface area (Å²) in [5.41, 5.74) is 6.39. The summed E-state index contributed by atoms with van der Waals surface area (Å²) in [7, 11) is 0. The van der Waals surface area contributed by atoms with Crippen molar-refractivity contribution in [1.82, 2.24) is 4.98 Å². The molecule has 0 aliphatic heterocycles. The van der Waals surface area contributed by atoms with Crippen LogP contribution in [0.1, 0.15) is 71.1 Å². The Hall–Kier alpha value is -1.25. The molecule has 3 nitrogen and oxygen atoms in total. The van der Waals surface area contributed by atoms with Crippen LogP contribution in [-0.4, -0.2) is 11.6 Å². The molecule has 0 aliphatic rings. The fourth-order valence-electron chi connectivity index (χ4n) is 2.30. The zero-order chi connectivity index (χ0) is 14.5. The standard InChI is InChI=1S/C17H30N2O/c1-2-3-4-5-6-7-8-9-10-11-14-20-17-12-13-19-15-16(17)18/h12-13,15H,2-11,14,18H2,1H3. The first-order valence-corrected chi connectivity index (χ1v) is 8.17. The zero-order valence-corrected chi connectivity index (χ0v) is 12.9. The average molecular weight is 278 g/mol. The Bertz CT molecular complexity index is 342. The molecule has 0 spiro atoms. The third-order valence-corrected chi connectivity index (χ3v) is 3.57. The van der Waals surface area contributed by atoms with E-state index in [0.717, 1.165) is 18.8 Å². The Balaban J connectivity index is 1.87. The highest BCUT2D eigenvalue weighted by molar-refractivity contribution is 5.49. The van der Waals surface area contributed by atoms with Crippen LogP contribution in [-0.2, 0) is 0 Å². The number of nitrogens with two attached hydrogens (primary N) is 1. The highest BCUT2D eigenvalue weighted by Crippen LogP contribution is 2.18. The van der Waals surface area contributed by atoms with Crippen molar-refractivity contribution in [3.63, 3.8) is 0 Å². The summed E-state index contributed by atoms with van der Waals surface area (Å²) in [5, 5.41) is 0. The van der Waals surface area contributed by atoms with Gasteiger partial charge in [-0.25, -0.2) is 0 Å². The number of unbranched alkanes of at least 4 members (excludes halogenated alkanes) is 9. The molecule has 0 atom stereocenters. The lowest BCUT2D eigenvalue weighted by Crippen LogP contribution is -2.00. The van der Waals surface area contributed by atoms with Gasteiger partial charge in [0.2, 0.25) is 0 Å². The number of ether oxygens (including phenoxy) is 1. The van der Waals surface area contributed by atoms with Crippen molar-refractivity contribution in [2.45, 2.75) is 71.1 Å². The van der Waals surface area contributed by atoms with Crippen molar-refractivity contribution in [2.75, 3.05) is 12.3 Å². The van der Waals surface area contributed by atoms with Crippen molar-refractivity contribution < 1.29 is 4.74 Å². The first-order valence-electron chi connectivity index (χ1n) is 8.17. The van der Waals surface area contributed by atoms with Crippen LogP contribution < -0.4 is 10.5 Å². The van der Waals surface area contributed by atoms with Gasteiger partial charge in [0.05, 0.1) is 18.5 Å². The van der Waals surface area contributed by atoms with Crippen LogP contribution in [0.4, 0.5) is 5.69 Å². The number of nitrogens with zero attached hydrogens (tertiary/aromatic N) is 1. The van der Waals surface area contributed by atoms with E-state index in [4.69, 9.17) is 10.5 Å². The van der Waals surface area contributed by atoms with E-state index in [1.807, 2.05) is 6.07 Å². The van der Waals surface area contributed by atoms with Gasteiger partial charge in [-0.15, -0.1) is 0 Å². The number of hydrogen-bond acceptors (Lipinski definition) is 3. The minimum atomic E-state index is 0.625. The number of hydrogen-bond donors (Lipinski definition) is 1. The molecule has 114 valence electrons. The minimum absolute atomic E-state index is 0.625. The van der Waals surface area contributed by atoms with Gasteiger partial charge >= 0.3 is 0 Å². The van der Waals surface area contributed by atoms with Crippen molar-refractivity contribution in [1.29, 1.82) is 0 Å². The molecule has 2 N–H and O–H groups in total. The number of anilines is 1. The second-order valence-corrected chi connectivity index (χ2v) is 5.44. The quantitative estimate of drug-likeness (QED) is 0.549. The Kier molecular flexibility index (Phi) is 9.72. The lowest BCUT2D eigenvalue weighted by molar-refractivity contribution is 0.305. The lowest BCUT2D eigenvalue weighted by Gasteiger charge is -2.07. The second-order valence-electron chi connectivity index (χ2n) is 5.44. The summed E-state index contributed by atoms with van der Waals surface area (Å²) in [6.07, 6.45) is 16.8. The molecule has 0 bridgehead atoms. The van der Waals surface area contributed by atoms with Crippen LogP contribution in [0.2, 0.25) is 0 Å². The van der Waals surface area contributed by atoms with Gasteiger partial charge in [-0.05, 0) is 6.42 Å². The number of aromatic nitrogens is 1. The average Bonchev–Trinajstić information content (AvgIpc) is 2.46. The molecular weight excluding hydrogens is 248 g/mol. The highest BCUT2D eigenvalue weighted by atomic mass is 16.5. The van der Waals surface area contributed by atoms with E-state index in [2.05, 4.69) is 11.9 Å². The van der Waals surface area contributed by atoms with E-state index >= 15 is 0 Å². The number of rotatable bonds is 12. The van der Waals surface area contributed by atoms with E-state index in [0.29, 0.717) is 5.69 Å². The maximum Gasteiger partial charge on any atom is 0.145 e. The topological polar surface area (TPSA) is 48.1 Å². The van der Waals surface area contributed by atoms with Crippen molar-refractivity contribution in [3.8, 4) is 5.75 Å². The molecule has 0 unspecified atom stereocenters. The Morgan fingerprint density at radius 2 is 1.55 bits per heavy atom. The molecule has 0 saturated carbocycles. The summed E-state index contributed by atoms with van der Waals surface area (Å²) in [6, 6.07) is 1.83. The van der Waals surface area contributed by atoms with E-state index < -0.39 is 0 Å². The third-order valence-electron chi connectivity index (χ3n) is 3.57. The van der Waals surface area contributed by atoms with Crippen LogP contribution in [0.5, 0.6) is 5.75 Å². The number of nitrogen functional groups attached to an aromatic ring is 1. The molecule has 0 saturated heterocycles. The van der Waals surface area contributed by atoms with Gasteiger partial charge in [0.1, 0.15) is 5.75 Å². The molecule has 0 amide bonds. The maximum absolute atomic E-state index is 5.76. The fourth-order valence-corrected chi connectivity index (χ4v) is 2.30. The molecule has 0 aromatic carbocycles. The maximum atomic E-state index is 5.76. The smallest absolute Gasteiger partial charge is 0.145 e. The van der Waals surface area contributed by atoms with Crippen LogP contribution >= 0.6 is 0 Å². The normalized spacial score (nSPS) is 10.7. The molecule has 0 aliphatic carbocycles. The van der Waals surface area contributed by atoms with Gasteiger partial charge in [-0.3, -0.25) is 4.98 Å². The largest absolute Gasteiger partial charge is 0.491 e. The lowest BCUT2D eigenvalue weighted by atomic mass is 10.1. The van der Waals surface area contributed by atoms with E-state index in [9.17, 15) is 0 Å². The van der Waals surface area contributed by atoms with Crippen LogP contribution in [0.15, 0.2) is 18.5 Å². The summed E-state index contributed by atoms with van der Waals surface area (Å²) < 4.78 is 5.64. The summed E-state index contributed by atoms with van der Waals surface area (Å²) in [5.74, 6) is 0.760. The molecule has 1 rings (SSSR count). The van der Waals surface area contributed by atoms with Crippen molar-refractivity contribution in [3.05, 3.63) is 18.5 Å². The minimum Gasteiger partial charge on any atom is -0.491 e. The van der Waals surface area contributed by atoms with E-state index in [1.165, 1.54) is 57.8 Å². The van der Waals surface area contributed by atoms with E-state index in [1.54, 1.807) is 12.4 Å². The monoisotopic (exact) mass is 278 g/mol. The zero-order valence-electron chi connectivity index (χ0n) is 12.9. The highest BCUT2D eigenvalue weighted by Gasteiger charge is 1.98. The van der Waals surface area contributed by atoms with Crippen LogP contribution in [0, 0.1) is 0 Å².